The molecule has 1 aliphatic rings. The molecule has 0 radical (unpaired) electrons. The number of hydrogen-bond donors (Lipinski definition) is 1. The smallest absolute Gasteiger partial charge is 0.311 e. The van der Waals surface area contributed by atoms with Crippen molar-refractivity contribution in [2.75, 3.05) is 0 Å². The molecule has 28 heavy (non-hydrogen) atoms. The largest absolute Gasteiger partial charge is 0.416 e. The van der Waals surface area contributed by atoms with Gasteiger partial charge in [-0.15, -0.1) is 5.10 Å². The van der Waals surface area contributed by atoms with Gasteiger partial charge in [0.2, 0.25) is 0 Å². The zero-order valence-electron chi connectivity index (χ0n) is 15.1. The maximum atomic E-state index is 12.9. The Morgan fingerprint density at radius 3 is 2.61 bits per heavy atom. The molecule has 2 aromatic heterocycles. The predicted octanol–water partition coefficient (Wildman–Crippen LogP) is 3.67. The molecule has 9 heteroatoms. The van der Waals surface area contributed by atoms with Gasteiger partial charge in [-0.2, -0.15) is 13.2 Å². The van der Waals surface area contributed by atoms with Crippen molar-refractivity contribution in [3.05, 3.63) is 63.3 Å². The summed E-state index contributed by atoms with van der Waals surface area (Å²) >= 11 is 0. The molecule has 0 saturated heterocycles. The molecule has 0 unspecified atom stereocenters. The van der Waals surface area contributed by atoms with Crippen LogP contribution in [0.25, 0.3) is 11.4 Å². The van der Waals surface area contributed by atoms with Crippen LogP contribution in [0.1, 0.15) is 47.9 Å². The van der Waals surface area contributed by atoms with Crippen molar-refractivity contribution in [3.8, 4) is 11.4 Å². The van der Waals surface area contributed by atoms with Crippen molar-refractivity contribution in [1.82, 2.24) is 25.0 Å². The third-order valence-corrected chi connectivity index (χ3v) is 4.95. The molecular weight excluding hydrogens is 371 g/mol. The van der Waals surface area contributed by atoms with Crippen LogP contribution in [0.15, 0.2) is 35.1 Å². The highest BCUT2D eigenvalue weighted by Crippen LogP contribution is 2.34. The Morgan fingerprint density at radius 2 is 1.93 bits per heavy atom. The average Bonchev–Trinajstić information content (AvgIpc) is 2.93. The molecule has 1 N–H and O–H groups in total. The summed E-state index contributed by atoms with van der Waals surface area (Å²) in [5.74, 6) is 0.483. The normalized spacial score (nSPS) is 17.2. The molecule has 1 aliphatic heterocycles. The number of aryl methyl sites for hydroxylation is 1. The molecule has 0 fully saturated rings. The summed E-state index contributed by atoms with van der Waals surface area (Å²) in [5, 5.41) is 8.52. The molecule has 0 saturated carbocycles. The summed E-state index contributed by atoms with van der Waals surface area (Å²) in [5.41, 5.74) is 1.66. The maximum absolute atomic E-state index is 12.9. The number of fused-ring (bicyclic) bond motifs is 1. The topological polar surface area (TPSA) is 76.5 Å². The fourth-order valence-electron chi connectivity index (χ4n) is 3.65. The molecule has 1 aromatic carbocycles. The lowest BCUT2D eigenvalue weighted by Crippen LogP contribution is -2.14. The van der Waals surface area contributed by atoms with Crippen molar-refractivity contribution in [2.24, 2.45) is 0 Å². The zero-order chi connectivity index (χ0) is 19.9. The lowest BCUT2D eigenvalue weighted by Gasteiger charge is -2.18. The van der Waals surface area contributed by atoms with Crippen LogP contribution < -0.4 is 5.56 Å². The molecule has 0 spiro atoms. The molecule has 0 bridgehead atoms. The molecule has 3 aromatic rings. The number of nitrogens with zero attached hydrogens (tertiary/aromatic N) is 4. The number of hydrogen-bond acceptors (Lipinski definition) is 4. The first kappa shape index (κ1) is 18.4. The van der Waals surface area contributed by atoms with Crippen LogP contribution in [0.2, 0.25) is 0 Å². The second-order valence-electron chi connectivity index (χ2n) is 6.93. The maximum Gasteiger partial charge on any atom is 0.416 e. The fraction of sp³-hybridized carbons (Fsp3) is 0.368. The van der Waals surface area contributed by atoms with E-state index in [1.54, 1.807) is 11.6 Å². The minimum absolute atomic E-state index is 0.205. The quantitative estimate of drug-likeness (QED) is 0.726. The minimum Gasteiger partial charge on any atom is -0.311 e. The minimum atomic E-state index is -4.36. The van der Waals surface area contributed by atoms with Crippen LogP contribution in [-0.2, 0) is 12.6 Å². The van der Waals surface area contributed by atoms with Gasteiger partial charge in [0.05, 0.1) is 17.3 Å². The summed E-state index contributed by atoms with van der Waals surface area (Å²) in [4.78, 5) is 18.8. The Hall–Kier alpha value is -2.97. The third-order valence-electron chi connectivity index (χ3n) is 4.95. The van der Waals surface area contributed by atoms with Crippen molar-refractivity contribution in [3.63, 3.8) is 0 Å². The van der Waals surface area contributed by atoms with Gasteiger partial charge in [-0.3, -0.25) is 4.79 Å². The number of nitrogens with one attached hydrogen (secondary N) is 1. The van der Waals surface area contributed by atoms with E-state index in [0.29, 0.717) is 23.6 Å². The molecule has 0 amide bonds. The van der Waals surface area contributed by atoms with Gasteiger partial charge in [-0.1, -0.05) is 23.8 Å². The molecule has 6 nitrogen and oxygen atoms in total. The number of halogens is 3. The summed E-state index contributed by atoms with van der Waals surface area (Å²) in [6.07, 6.45) is -1.08. The summed E-state index contributed by atoms with van der Waals surface area (Å²) < 4.78 is 40.3. The SMILES string of the molecule is Cc1nc(-c2nnn3c2CCCC[C@H]3c2ccc(C(F)(F)F)cc2)cc(=O)[nH]1. The predicted molar refractivity (Wildman–Crippen MR) is 95.7 cm³/mol. The highest BCUT2D eigenvalue weighted by Gasteiger charge is 2.31. The van der Waals surface area contributed by atoms with E-state index in [0.717, 1.165) is 42.7 Å². The first-order valence-corrected chi connectivity index (χ1v) is 9.02. The van der Waals surface area contributed by atoms with Crippen molar-refractivity contribution >= 4 is 0 Å². The number of aromatic amines is 1. The van der Waals surface area contributed by atoms with Gasteiger partial charge in [0.15, 0.2) is 0 Å². The van der Waals surface area contributed by atoms with E-state index in [9.17, 15) is 18.0 Å². The molecule has 0 aliphatic carbocycles. The van der Waals surface area contributed by atoms with Crippen molar-refractivity contribution < 1.29 is 13.2 Å². The lowest BCUT2D eigenvalue weighted by molar-refractivity contribution is -0.137. The lowest BCUT2D eigenvalue weighted by atomic mass is 10.0. The van der Waals surface area contributed by atoms with E-state index in [4.69, 9.17) is 0 Å². The fourth-order valence-corrected chi connectivity index (χ4v) is 3.65. The van der Waals surface area contributed by atoms with Gasteiger partial charge < -0.3 is 4.98 Å². The molecule has 1 atom stereocenters. The van der Waals surface area contributed by atoms with Gasteiger partial charge in [0.25, 0.3) is 5.56 Å². The molecule has 4 rings (SSSR count). The van der Waals surface area contributed by atoms with Crippen LogP contribution in [0.4, 0.5) is 13.2 Å². The number of aromatic nitrogens is 5. The van der Waals surface area contributed by atoms with E-state index >= 15 is 0 Å². The molecule has 3 heterocycles. The van der Waals surface area contributed by atoms with Crippen LogP contribution >= 0.6 is 0 Å². The summed E-state index contributed by atoms with van der Waals surface area (Å²) in [6.45, 7) is 1.69. The third kappa shape index (κ3) is 3.44. The number of alkyl halides is 3. The molecular formula is C19H18F3N5O. The Balaban J connectivity index is 1.76. The van der Waals surface area contributed by atoms with Gasteiger partial charge in [0.1, 0.15) is 17.2 Å². The van der Waals surface area contributed by atoms with Crippen LogP contribution in [0.3, 0.4) is 0 Å². The van der Waals surface area contributed by atoms with Gasteiger partial charge in [-0.25, -0.2) is 9.67 Å². The first-order chi connectivity index (χ1) is 13.3. The average molecular weight is 389 g/mol. The van der Waals surface area contributed by atoms with E-state index in [1.165, 1.54) is 18.2 Å². The Labute approximate surface area is 158 Å². The number of H-pyrrole nitrogens is 1. The zero-order valence-corrected chi connectivity index (χ0v) is 15.1. The monoisotopic (exact) mass is 389 g/mol. The summed E-state index contributed by atoms with van der Waals surface area (Å²) in [7, 11) is 0. The highest BCUT2D eigenvalue weighted by atomic mass is 19.4. The Morgan fingerprint density at radius 1 is 1.18 bits per heavy atom. The second-order valence-corrected chi connectivity index (χ2v) is 6.93. The van der Waals surface area contributed by atoms with E-state index in [2.05, 4.69) is 20.3 Å². The second kappa shape index (κ2) is 6.88. The Bertz CT molecular complexity index is 1050. The molecule has 146 valence electrons. The van der Waals surface area contributed by atoms with Gasteiger partial charge in [-0.05, 0) is 43.9 Å². The van der Waals surface area contributed by atoms with Crippen LogP contribution in [0.5, 0.6) is 0 Å². The summed E-state index contributed by atoms with van der Waals surface area (Å²) in [6, 6.07) is 6.37. The van der Waals surface area contributed by atoms with Gasteiger partial charge in [0, 0.05) is 6.07 Å². The first-order valence-electron chi connectivity index (χ1n) is 9.02. The van der Waals surface area contributed by atoms with Crippen molar-refractivity contribution in [1.29, 1.82) is 0 Å². The van der Waals surface area contributed by atoms with E-state index in [-0.39, 0.29) is 11.6 Å². The highest BCUT2D eigenvalue weighted by molar-refractivity contribution is 5.56. The van der Waals surface area contributed by atoms with Gasteiger partial charge >= 0.3 is 6.18 Å². The number of benzene rings is 1. The van der Waals surface area contributed by atoms with Crippen molar-refractivity contribution in [2.45, 2.75) is 44.8 Å². The Kier molecular flexibility index (Phi) is 4.52. The van der Waals surface area contributed by atoms with Crippen LogP contribution in [-0.4, -0.2) is 25.0 Å². The standard InChI is InChI=1S/C19H18F3N5O/c1-11-23-14(10-17(28)24-11)18-16-5-3-2-4-15(27(16)26-25-18)12-6-8-13(9-7-12)19(20,21)22/h6-10,15H,2-5H2,1H3,(H,23,24,28)/t15-/m0/s1. The number of rotatable bonds is 2. The van der Waals surface area contributed by atoms with E-state index < -0.39 is 11.7 Å². The van der Waals surface area contributed by atoms with Crippen LogP contribution in [0, 0.1) is 6.92 Å². The van der Waals surface area contributed by atoms with E-state index in [1.807, 2.05) is 0 Å².